The first kappa shape index (κ1) is 12.4. The number of hydrogen-bond acceptors (Lipinski definition) is 3. The van der Waals surface area contributed by atoms with Gasteiger partial charge in [0.05, 0.1) is 6.61 Å². The Kier molecular flexibility index (Phi) is 3.77. The summed E-state index contributed by atoms with van der Waals surface area (Å²) in [7, 11) is 0. The molecule has 0 saturated heterocycles. The third kappa shape index (κ3) is 2.97. The number of carbonyl (C=O) groups is 1. The van der Waals surface area contributed by atoms with Gasteiger partial charge in [-0.25, -0.2) is 9.18 Å². The molecule has 0 aliphatic heterocycles. The molecule has 2 rings (SSSR count). The molecule has 0 fully saturated rings. The van der Waals surface area contributed by atoms with Crippen LogP contribution in [0.1, 0.15) is 28.8 Å². The van der Waals surface area contributed by atoms with Gasteiger partial charge in [0, 0.05) is 6.42 Å². The molecular weight excluding hydrogens is 235 g/mol. The van der Waals surface area contributed by atoms with Crippen molar-refractivity contribution in [2.45, 2.75) is 13.3 Å². The maximum Gasteiger partial charge on any atom is 0.374 e. The second-order valence-corrected chi connectivity index (χ2v) is 3.79. The molecule has 1 aromatic heterocycles. The number of rotatable bonds is 4. The Bertz CT molecular complexity index is 545. The fraction of sp³-hybridized carbons (Fsp3) is 0.214. The molecule has 3 nitrogen and oxygen atoms in total. The van der Waals surface area contributed by atoms with Crippen LogP contribution in [-0.2, 0) is 11.2 Å². The molecule has 0 radical (unpaired) electrons. The van der Waals surface area contributed by atoms with Crippen molar-refractivity contribution in [2.75, 3.05) is 6.61 Å². The predicted octanol–water partition coefficient (Wildman–Crippen LogP) is 3.19. The van der Waals surface area contributed by atoms with Gasteiger partial charge in [0.25, 0.3) is 0 Å². The summed E-state index contributed by atoms with van der Waals surface area (Å²) in [6, 6.07) is 9.52. The molecule has 1 aromatic carbocycles. The summed E-state index contributed by atoms with van der Waals surface area (Å²) in [6.07, 6.45) is 0.442. The quantitative estimate of drug-likeness (QED) is 0.780. The molecular formula is C14H13FO3. The van der Waals surface area contributed by atoms with Gasteiger partial charge in [-0.15, -0.1) is 0 Å². The van der Waals surface area contributed by atoms with Crippen LogP contribution in [0.4, 0.5) is 4.39 Å². The molecule has 2 aromatic rings. The lowest BCUT2D eigenvalue weighted by Gasteiger charge is -1.99. The molecule has 0 N–H and O–H groups in total. The maximum absolute atomic E-state index is 13.0. The van der Waals surface area contributed by atoms with E-state index >= 15 is 0 Å². The van der Waals surface area contributed by atoms with Gasteiger partial charge in [-0.2, -0.15) is 0 Å². The normalized spacial score (nSPS) is 10.3. The van der Waals surface area contributed by atoms with Crippen molar-refractivity contribution in [3.63, 3.8) is 0 Å². The predicted molar refractivity (Wildman–Crippen MR) is 63.9 cm³/mol. The fourth-order valence-electron chi connectivity index (χ4n) is 1.63. The van der Waals surface area contributed by atoms with E-state index in [4.69, 9.17) is 9.15 Å². The minimum Gasteiger partial charge on any atom is -0.460 e. The summed E-state index contributed by atoms with van der Waals surface area (Å²) in [4.78, 5) is 11.4. The Morgan fingerprint density at radius 1 is 1.33 bits per heavy atom. The zero-order valence-corrected chi connectivity index (χ0v) is 9.98. The SMILES string of the molecule is CCOC(=O)c1ccc(Cc2cccc(F)c2)o1. The summed E-state index contributed by atoms with van der Waals surface area (Å²) in [6.45, 7) is 2.03. The Morgan fingerprint density at radius 3 is 2.89 bits per heavy atom. The van der Waals surface area contributed by atoms with Gasteiger partial charge in [-0.3, -0.25) is 0 Å². The third-order valence-corrected chi connectivity index (χ3v) is 2.41. The van der Waals surface area contributed by atoms with E-state index < -0.39 is 5.97 Å². The van der Waals surface area contributed by atoms with E-state index in [1.165, 1.54) is 12.1 Å². The highest BCUT2D eigenvalue weighted by Gasteiger charge is 2.12. The third-order valence-electron chi connectivity index (χ3n) is 2.41. The van der Waals surface area contributed by atoms with E-state index in [2.05, 4.69) is 0 Å². The van der Waals surface area contributed by atoms with Crippen LogP contribution in [0.2, 0.25) is 0 Å². The number of benzene rings is 1. The van der Waals surface area contributed by atoms with Gasteiger partial charge in [-0.05, 0) is 36.8 Å². The highest BCUT2D eigenvalue weighted by molar-refractivity contribution is 5.86. The maximum atomic E-state index is 13.0. The van der Waals surface area contributed by atoms with Crippen molar-refractivity contribution in [2.24, 2.45) is 0 Å². The minimum absolute atomic E-state index is 0.170. The lowest BCUT2D eigenvalue weighted by molar-refractivity contribution is 0.0488. The van der Waals surface area contributed by atoms with E-state index in [1.54, 1.807) is 31.2 Å². The average molecular weight is 248 g/mol. The van der Waals surface area contributed by atoms with Crippen LogP contribution in [0, 0.1) is 5.82 Å². The monoisotopic (exact) mass is 248 g/mol. The molecule has 0 unspecified atom stereocenters. The first-order chi connectivity index (χ1) is 8.69. The van der Waals surface area contributed by atoms with Crippen molar-refractivity contribution >= 4 is 5.97 Å². The lowest BCUT2D eigenvalue weighted by atomic mass is 10.1. The first-order valence-corrected chi connectivity index (χ1v) is 5.69. The molecule has 0 aliphatic carbocycles. The Balaban J connectivity index is 2.09. The smallest absolute Gasteiger partial charge is 0.374 e. The van der Waals surface area contributed by atoms with Gasteiger partial charge in [-0.1, -0.05) is 12.1 Å². The second kappa shape index (κ2) is 5.49. The minimum atomic E-state index is -0.483. The van der Waals surface area contributed by atoms with Crippen LogP contribution in [0.5, 0.6) is 0 Å². The number of halogens is 1. The summed E-state index contributed by atoms with van der Waals surface area (Å²) >= 11 is 0. The van der Waals surface area contributed by atoms with Crippen LogP contribution in [-0.4, -0.2) is 12.6 Å². The molecule has 0 amide bonds. The molecule has 0 aliphatic rings. The van der Waals surface area contributed by atoms with Gasteiger partial charge in [0.2, 0.25) is 5.76 Å². The van der Waals surface area contributed by atoms with Crippen molar-refractivity contribution in [3.8, 4) is 0 Å². The van der Waals surface area contributed by atoms with Crippen LogP contribution in [0.3, 0.4) is 0 Å². The van der Waals surface area contributed by atoms with Crippen LogP contribution < -0.4 is 0 Å². The molecule has 0 atom stereocenters. The number of carbonyl (C=O) groups excluding carboxylic acids is 1. The largest absolute Gasteiger partial charge is 0.460 e. The zero-order valence-electron chi connectivity index (χ0n) is 9.98. The van der Waals surface area contributed by atoms with Crippen LogP contribution in [0.15, 0.2) is 40.8 Å². The Hall–Kier alpha value is -2.10. The summed E-state index contributed by atoms with van der Waals surface area (Å²) < 4.78 is 23.2. The number of ether oxygens (including phenoxy) is 1. The topological polar surface area (TPSA) is 39.4 Å². The van der Waals surface area contributed by atoms with Gasteiger partial charge >= 0.3 is 5.97 Å². The molecule has 0 spiro atoms. The average Bonchev–Trinajstić information content (AvgIpc) is 2.78. The summed E-state index contributed by atoms with van der Waals surface area (Å²) in [5, 5.41) is 0. The van der Waals surface area contributed by atoms with E-state index in [0.29, 0.717) is 18.8 Å². The molecule has 18 heavy (non-hydrogen) atoms. The van der Waals surface area contributed by atoms with E-state index in [9.17, 15) is 9.18 Å². The Morgan fingerprint density at radius 2 is 2.17 bits per heavy atom. The summed E-state index contributed by atoms with van der Waals surface area (Å²) in [5.41, 5.74) is 0.791. The van der Waals surface area contributed by atoms with Gasteiger partial charge in [0.1, 0.15) is 11.6 Å². The van der Waals surface area contributed by atoms with Crippen molar-refractivity contribution in [1.29, 1.82) is 0 Å². The molecule has 0 saturated carbocycles. The zero-order chi connectivity index (χ0) is 13.0. The summed E-state index contributed by atoms with van der Waals surface area (Å²) in [5.74, 6) is -0.000398. The number of hydrogen-bond donors (Lipinski definition) is 0. The Labute approximate surface area is 104 Å². The molecule has 4 heteroatoms. The molecule has 94 valence electrons. The molecule has 0 bridgehead atoms. The highest BCUT2D eigenvalue weighted by atomic mass is 19.1. The van der Waals surface area contributed by atoms with Crippen LogP contribution in [0.25, 0.3) is 0 Å². The van der Waals surface area contributed by atoms with Crippen LogP contribution >= 0.6 is 0 Å². The van der Waals surface area contributed by atoms with Gasteiger partial charge in [0.15, 0.2) is 0 Å². The standard InChI is InChI=1S/C14H13FO3/c1-2-17-14(16)13-7-6-12(18-13)9-10-4-3-5-11(15)8-10/h3-8H,2,9H2,1H3. The molecule has 1 heterocycles. The van der Waals surface area contributed by atoms with E-state index in [-0.39, 0.29) is 11.6 Å². The van der Waals surface area contributed by atoms with Crippen molar-refractivity contribution in [3.05, 3.63) is 59.3 Å². The number of furan rings is 1. The number of esters is 1. The fourth-order valence-corrected chi connectivity index (χ4v) is 1.63. The first-order valence-electron chi connectivity index (χ1n) is 5.69. The van der Waals surface area contributed by atoms with E-state index in [1.807, 2.05) is 0 Å². The van der Waals surface area contributed by atoms with Gasteiger partial charge < -0.3 is 9.15 Å². The van der Waals surface area contributed by atoms with Crippen molar-refractivity contribution in [1.82, 2.24) is 0 Å². The second-order valence-electron chi connectivity index (χ2n) is 3.79. The lowest BCUT2D eigenvalue weighted by Crippen LogP contribution is -2.02. The van der Waals surface area contributed by atoms with E-state index in [0.717, 1.165) is 5.56 Å². The highest BCUT2D eigenvalue weighted by Crippen LogP contribution is 2.15. The van der Waals surface area contributed by atoms with Crippen molar-refractivity contribution < 1.29 is 18.3 Å².